The van der Waals surface area contributed by atoms with Gasteiger partial charge in [-0.3, -0.25) is 0 Å². The summed E-state index contributed by atoms with van der Waals surface area (Å²) in [5.41, 5.74) is 7.09. The number of benzene rings is 1. The van der Waals surface area contributed by atoms with E-state index in [2.05, 4.69) is 45.4 Å². The van der Waals surface area contributed by atoms with Gasteiger partial charge in [-0.15, -0.1) is 10.2 Å². The molecular formula is C15H20N4S. The van der Waals surface area contributed by atoms with Crippen LogP contribution in [0.4, 0.5) is 5.13 Å². The van der Waals surface area contributed by atoms with Gasteiger partial charge in [-0.25, -0.2) is 0 Å². The van der Waals surface area contributed by atoms with Crippen molar-refractivity contribution in [1.82, 2.24) is 15.1 Å². The van der Waals surface area contributed by atoms with Crippen molar-refractivity contribution in [2.45, 2.75) is 25.2 Å². The van der Waals surface area contributed by atoms with Crippen LogP contribution in [-0.2, 0) is 6.42 Å². The highest BCUT2D eigenvalue weighted by atomic mass is 32.1. The molecule has 2 heterocycles. The summed E-state index contributed by atoms with van der Waals surface area (Å²) in [6.45, 7) is 3.41. The Morgan fingerprint density at radius 2 is 1.90 bits per heavy atom. The van der Waals surface area contributed by atoms with E-state index in [0.717, 1.165) is 23.9 Å². The summed E-state index contributed by atoms with van der Waals surface area (Å²) >= 11 is 1.50. The smallest absolute Gasteiger partial charge is 0.203 e. The Hall–Kier alpha value is -1.46. The van der Waals surface area contributed by atoms with Crippen molar-refractivity contribution in [2.75, 3.05) is 25.4 Å². The van der Waals surface area contributed by atoms with E-state index in [0.29, 0.717) is 5.13 Å². The Balaban J connectivity index is 1.47. The van der Waals surface area contributed by atoms with Gasteiger partial charge in [0, 0.05) is 13.0 Å². The first-order valence-electron chi connectivity index (χ1n) is 7.16. The Morgan fingerprint density at radius 3 is 2.55 bits per heavy atom. The maximum atomic E-state index is 5.60. The largest absolute Gasteiger partial charge is 0.374 e. The van der Waals surface area contributed by atoms with Gasteiger partial charge in [0.25, 0.3) is 0 Å². The zero-order valence-electron chi connectivity index (χ0n) is 11.5. The molecule has 1 fully saturated rings. The second-order valence-corrected chi connectivity index (χ2v) is 6.40. The van der Waals surface area contributed by atoms with Gasteiger partial charge in [0.1, 0.15) is 5.01 Å². The third-order valence-corrected chi connectivity index (χ3v) is 4.80. The third-order valence-electron chi connectivity index (χ3n) is 3.98. The quantitative estimate of drug-likeness (QED) is 0.939. The number of hydrogen-bond donors (Lipinski definition) is 1. The molecule has 1 aliphatic rings. The first-order chi connectivity index (χ1) is 9.81. The Morgan fingerprint density at radius 1 is 1.15 bits per heavy atom. The monoisotopic (exact) mass is 288 g/mol. The van der Waals surface area contributed by atoms with Crippen LogP contribution in [-0.4, -0.2) is 34.7 Å². The Kier molecular flexibility index (Phi) is 4.28. The molecule has 0 radical (unpaired) electrons. The van der Waals surface area contributed by atoms with Gasteiger partial charge >= 0.3 is 0 Å². The fourth-order valence-electron chi connectivity index (χ4n) is 2.84. The SMILES string of the molecule is Nc1nnc(CCN2CCC(c3ccccc3)CC2)s1. The van der Waals surface area contributed by atoms with Crippen LogP contribution < -0.4 is 5.73 Å². The lowest BCUT2D eigenvalue weighted by molar-refractivity contribution is 0.214. The van der Waals surface area contributed by atoms with Crippen molar-refractivity contribution < 1.29 is 0 Å². The maximum absolute atomic E-state index is 5.60. The van der Waals surface area contributed by atoms with Crippen LogP contribution in [0.1, 0.15) is 29.3 Å². The summed E-state index contributed by atoms with van der Waals surface area (Å²) in [7, 11) is 0. The first-order valence-corrected chi connectivity index (χ1v) is 7.98. The molecule has 2 N–H and O–H groups in total. The van der Waals surface area contributed by atoms with Crippen LogP contribution in [0.25, 0.3) is 0 Å². The average Bonchev–Trinajstić information content (AvgIpc) is 2.92. The molecular weight excluding hydrogens is 268 g/mol. The Labute approximate surface area is 123 Å². The molecule has 2 aromatic rings. The van der Waals surface area contributed by atoms with E-state index in [4.69, 9.17) is 5.73 Å². The van der Waals surface area contributed by atoms with Gasteiger partial charge in [0.15, 0.2) is 0 Å². The molecule has 1 aromatic carbocycles. The van der Waals surface area contributed by atoms with E-state index in [-0.39, 0.29) is 0 Å². The van der Waals surface area contributed by atoms with Crippen molar-refractivity contribution in [3.8, 4) is 0 Å². The van der Waals surface area contributed by atoms with Gasteiger partial charge < -0.3 is 10.6 Å². The fourth-order valence-corrected chi connectivity index (χ4v) is 3.43. The number of rotatable bonds is 4. The van der Waals surface area contributed by atoms with E-state index in [1.54, 1.807) is 0 Å². The summed E-state index contributed by atoms with van der Waals surface area (Å²) in [6, 6.07) is 10.9. The molecule has 1 saturated heterocycles. The molecule has 0 aliphatic carbocycles. The molecule has 1 aromatic heterocycles. The number of hydrogen-bond acceptors (Lipinski definition) is 5. The summed E-state index contributed by atoms with van der Waals surface area (Å²) in [4.78, 5) is 2.52. The van der Waals surface area contributed by atoms with Crippen LogP contribution in [0.3, 0.4) is 0 Å². The molecule has 0 bridgehead atoms. The molecule has 0 spiro atoms. The minimum atomic E-state index is 0.572. The second-order valence-electron chi connectivity index (χ2n) is 5.31. The molecule has 0 amide bonds. The van der Waals surface area contributed by atoms with Crippen molar-refractivity contribution in [3.63, 3.8) is 0 Å². The fraction of sp³-hybridized carbons (Fsp3) is 0.467. The predicted molar refractivity (Wildman–Crippen MR) is 82.9 cm³/mol. The minimum Gasteiger partial charge on any atom is -0.374 e. The number of nitrogens with two attached hydrogens (primary N) is 1. The standard InChI is InChI=1S/C15H20N4S/c16-15-18-17-14(20-15)8-11-19-9-6-13(7-10-19)12-4-2-1-3-5-12/h1-5,13H,6-11H2,(H2,16,18). The number of piperidine rings is 1. The lowest BCUT2D eigenvalue weighted by Gasteiger charge is -2.31. The highest BCUT2D eigenvalue weighted by Crippen LogP contribution is 2.27. The van der Waals surface area contributed by atoms with Gasteiger partial charge in [0.2, 0.25) is 5.13 Å². The topological polar surface area (TPSA) is 55.0 Å². The lowest BCUT2D eigenvalue weighted by Crippen LogP contribution is -2.34. The zero-order chi connectivity index (χ0) is 13.8. The molecule has 106 valence electrons. The first kappa shape index (κ1) is 13.5. The highest BCUT2D eigenvalue weighted by Gasteiger charge is 2.20. The van der Waals surface area contributed by atoms with Crippen molar-refractivity contribution in [1.29, 1.82) is 0 Å². The normalized spacial score (nSPS) is 17.4. The van der Waals surface area contributed by atoms with Crippen molar-refractivity contribution >= 4 is 16.5 Å². The number of nitrogens with zero attached hydrogens (tertiary/aromatic N) is 3. The summed E-state index contributed by atoms with van der Waals surface area (Å²) in [6.07, 6.45) is 3.47. The maximum Gasteiger partial charge on any atom is 0.203 e. The summed E-state index contributed by atoms with van der Waals surface area (Å²) in [5.74, 6) is 0.727. The third kappa shape index (κ3) is 3.35. The van der Waals surface area contributed by atoms with E-state index < -0.39 is 0 Å². The molecule has 1 aliphatic heterocycles. The van der Waals surface area contributed by atoms with Gasteiger partial charge in [-0.1, -0.05) is 41.7 Å². The van der Waals surface area contributed by atoms with Gasteiger partial charge in [-0.2, -0.15) is 0 Å². The van der Waals surface area contributed by atoms with Crippen LogP contribution >= 0.6 is 11.3 Å². The molecule has 5 heteroatoms. The summed E-state index contributed by atoms with van der Waals surface area (Å²) in [5, 5.41) is 9.56. The molecule has 3 rings (SSSR count). The molecule has 0 atom stereocenters. The van der Waals surface area contributed by atoms with Crippen LogP contribution in [0.5, 0.6) is 0 Å². The number of nitrogen functional groups attached to an aromatic ring is 1. The zero-order valence-corrected chi connectivity index (χ0v) is 12.4. The number of anilines is 1. The van der Waals surface area contributed by atoms with E-state index in [1.807, 2.05) is 0 Å². The lowest BCUT2D eigenvalue weighted by atomic mass is 9.89. The molecule has 0 unspecified atom stereocenters. The minimum absolute atomic E-state index is 0.572. The van der Waals surface area contributed by atoms with Crippen molar-refractivity contribution in [3.05, 3.63) is 40.9 Å². The van der Waals surface area contributed by atoms with E-state index in [9.17, 15) is 0 Å². The van der Waals surface area contributed by atoms with Crippen LogP contribution in [0.2, 0.25) is 0 Å². The number of aromatic nitrogens is 2. The van der Waals surface area contributed by atoms with E-state index in [1.165, 1.54) is 42.8 Å². The van der Waals surface area contributed by atoms with Crippen molar-refractivity contribution in [2.24, 2.45) is 0 Å². The molecule has 4 nitrogen and oxygen atoms in total. The molecule has 20 heavy (non-hydrogen) atoms. The second kappa shape index (κ2) is 6.33. The highest BCUT2D eigenvalue weighted by molar-refractivity contribution is 7.15. The van der Waals surface area contributed by atoms with E-state index >= 15 is 0 Å². The van der Waals surface area contributed by atoms with Gasteiger partial charge in [-0.05, 0) is 37.4 Å². The van der Waals surface area contributed by atoms with Crippen LogP contribution in [0, 0.1) is 0 Å². The Bertz CT molecular complexity index is 532. The van der Waals surface area contributed by atoms with Crippen LogP contribution in [0.15, 0.2) is 30.3 Å². The average molecular weight is 288 g/mol. The molecule has 0 saturated carbocycles. The van der Waals surface area contributed by atoms with Gasteiger partial charge in [0.05, 0.1) is 0 Å². The number of likely N-dealkylation sites (tertiary alicyclic amines) is 1. The predicted octanol–water partition coefficient (Wildman–Crippen LogP) is 2.54. The summed E-state index contributed by atoms with van der Waals surface area (Å²) < 4.78 is 0.